The van der Waals surface area contributed by atoms with Gasteiger partial charge in [0.1, 0.15) is 5.76 Å². The molecule has 0 aliphatic heterocycles. The number of aryl methyl sites for hydroxylation is 1. The number of hydrogen-bond acceptors (Lipinski definition) is 5. The second kappa shape index (κ2) is 6.16. The molecule has 1 heterocycles. The topological polar surface area (TPSA) is 92.5 Å². The van der Waals surface area contributed by atoms with E-state index in [9.17, 15) is 13.2 Å². The third-order valence-electron chi connectivity index (χ3n) is 2.25. The summed E-state index contributed by atoms with van der Waals surface area (Å²) < 4.78 is 29.1. The summed E-state index contributed by atoms with van der Waals surface area (Å²) >= 11 is 0. The molecular formula is C11H19N3O4S. The zero-order chi connectivity index (χ0) is 14.6. The van der Waals surface area contributed by atoms with Crippen LogP contribution in [-0.2, 0) is 14.8 Å². The molecule has 8 heteroatoms. The molecule has 0 saturated heterocycles. The molecule has 0 bridgehead atoms. The summed E-state index contributed by atoms with van der Waals surface area (Å²) in [5, 5.41) is 6.10. The van der Waals surface area contributed by atoms with Crippen LogP contribution < -0.4 is 5.32 Å². The number of hydrogen-bond donors (Lipinski definition) is 1. The molecule has 0 aliphatic carbocycles. The van der Waals surface area contributed by atoms with Crippen molar-refractivity contribution in [1.29, 1.82) is 0 Å². The summed E-state index contributed by atoms with van der Waals surface area (Å²) in [5.41, 5.74) is 0. The Balaban J connectivity index is 2.66. The zero-order valence-corrected chi connectivity index (χ0v) is 12.3. The van der Waals surface area contributed by atoms with Gasteiger partial charge in [0, 0.05) is 12.6 Å². The summed E-state index contributed by atoms with van der Waals surface area (Å²) in [6.07, 6.45) is 1.09. The minimum atomic E-state index is -3.41. The molecule has 19 heavy (non-hydrogen) atoms. The Morgan fingerprint density at radius 1 is 1.53 bits per heavy atom. The molecular weight excluding hydrogens is 270 g/mol. The normalized spacial score (nSPS) is 12.1. The maximum absolute atomic E-state index is 11.8. The number of aromatic nitrogens is 1. The first-order chi connectivity index (χ1) is 8.68. The van der Waals surface area contributed by atoms with Gasteiger partial charge in [0.25, 0.3) is 0 Å². The Labute approximate surface area is 113 Å². The number of anilines is 1. The second-order valence-corrected chi connectivity index (χ2v) is 6.80. The fourth-order valence-electron chi connectivity index (χ4n) is 1.49. The van der Waals surface area contributed by atoms with Gasteiger partial charge in [-0.05, 0) is 12.8 Å². The van der Waals surface area contributed by atoms with Gasteiger partial charge in [0.15, 0.2) is 5.82 Å². The molecule has 0 aliphatic rings. The average molecular weight is 289 g/mol. The lowest BCUT2D eigenvalue weighted by Crippen LogP contribution is -2.39. The molecule has 1 aromatic rings. The predicted molar refractivity (Wildman–Crippen MR) is 71.1 cm³/mol. The van der Waals surface area contributed by atoms with Gasteiger partial charge in [-0.15, -0.1) is 0 Å². The van der Waals surface area contributed by atoms with Crippen molar-refractivity contribution in [2.24, 2.45) is 5.92 Å². The highest BCUT2D eigenvalue weighted by atomic mass is 32.2. The van der Waals surface area contributed by atoms with E-state index in [0.29, 0.717) is 12.3 Å². The average Bonchev–Trinajstić information content (AvgIpc) is 2.60. The van der Waals surface area contributed by atoms with Crippen LogP contribution in [0.25, 0.3) is 0 Å². The van der Waals surface area contributed by atoms with E-state index in [0.717, 1.165) is 10.6 Å². The van der Waals surface area contributed by atoms with Crippen molar-refractivity contribution in [3.8, 4) is 0 Å². The van der Waals surface area contributed by atoms with Gasteiger partial charge in [-0.1, -0.05) is 19.0 Å². The van der Waals surface area contributed by atoms with Crippen LogP contribution in [-0.4, -0.2) is 43.1 Å². The second-order valence-electron chi connectivity index (χ2n) is 4.82. The molecule has 1 aromatic heterocycles. The van der Waals surface area contributed by atoms with E-state index in [1.54, 1.807) is 13.0 Å². The Bertz CT molecular complexity index is 536. The molecule has 0 atom stereocenters. The minimum absolute atomic E-state index is 0.136. The number of rotatable bonds is 6. The van der Waals surface area contributed by atoms with Crippen molar-refractivity contribution >= 4 is 21.7 Å². The number of amides is 1. The van der Waals surface area contributed by atoms with Gasteiger partial charge in [-0.2, -0.15) is 4.31 Å². The predicted octanol–water partition coefficient (Wildman–Crippen LogP) is 0.839. The Hall–Kier alpha value is -1.41. The van der Waals surface area contributed by atoms with Crippen molar-refractivity contribution < 1.29 is 17.7 Å². The van der Waals surface area contributed by atoms with Crippen LogP contribution in [0.4, 0.5) is 5.82 Å². The van der Waals surface area contributed by atoms with Gasteiger partial charge in [0.2, 0.25) is 15.9 Å². The molecule has 7 nitrogen and oxygen atoms in total. The third kappa shape index (κ3) is 5.39. The summed E-state index contributed by atoms with van der Waals surface area (Å²) in [4.78, 5) is 11.8. The molecule has 1 N–H and O–H groups in total. The molecule has 0 spiro atoms. The quantitative estimate of drug-likeness (QED) is 0.837. The number of sulfonamides is 1. The van der Waals surface area contributed by atoms with E-state index in [1.165, 1.54) is 0 Å². The molecule has 0 saturated carbocycles. The SMILES string of the molecule is Cc1cc(NC(=O)CN(CC(C)C)S(C)(=O)=O)no1. The van der Waals surface area contributed by atoms with Gasteiger partial charge >= 0.3 is 0 Å². The van der Waals surface area contributed by atoms with Gasteiger partial charge < -0.3 is 9.84 Å². The number of nitrogens with zero attached hydrogens (tertiary/aromatic N) is 2. The van der Waals surface area contributed by atoms with Gasteiger partial charge in [-0.25, -0.2) is 8.42 Å². The van der Waals surface area contributed by atoms with E-state index in [1.807, 2.05) is 13.8 Å². The lowest BCUT2D eigenvalue weighted by atomic mass is 10.2. The molecule has 1 amide bonds. The summed E-state index contributed by atoms with van der Waals surface area (Å²) in [5.74, 6) is 0.536. The third-order valence-corrected chi connectivity index (χ3v) is 3.47. The van der Waals surface area contributed by atoms with Crippen LogP contribution in [0, 0.1) is 12.8 Å². The maximum atomic E-state index is 11.8. The number of carbonyl (C=O) groups excluding carboxylic acids is 1. The first kappa shape index (κ1) is 15.6. The molecule has 108 valence electrons. The highest BCUT2D eigenvalue weighted by Gasteiger charge is 2.21. The summed E-state index contributed by atoms with van der Waals surface area (Å²) in [6, 6.07) is 1.56. The fourth-order valence-corrected chi connectivity index (χ4v) is 2.41. The van der Waals surface area contributed by atoms with Crippen LogP contribution in [0.2, 0.25) is 0 Å². The molecule has 0 aromatic carbocycles. The summed E-state index contributed by atoms with van der Waals surface area (Å²) in [7, 11) is -3.41. The zero-order valence-electron chi connectivity index (χ0n) is 11.5. The van der Waals surface area contributed by atoms with E-state index >= 15 is 0 Å². The van der Waals surface area contributed by atoms with Crippen LogP contribution in [0.1, 0.15) is 19.6 Å². The maximum Gasteiger partial charge on any atom is 0.240 e. The lowest BCUT2D eigenvalue weighted by Gasteiger charge is -2.20. The van der Waals surface area contributed by atoms with Crippen LogP contribution in [0.3, 0.4) is 0 Å². The van der Waals surface area contributed by atoms with Gasteiger partial charge in [0.05, 0.1) is 12.8 Å². The highest BCUT2D eigenvalue weighted by Crippen LogP contribution is 2.08. The van der Waals surface area contributed by atoms with Gasteiger partial charge in [-0.3, -0.25) is 4.79 Å². The first-order valence-corrected chi connectivity index (χ1v) is 7.71. The largest absolute Gasteiger partial charge is 0.360 e. The molecule has 1 rings (SSSR count). The van der Waals surface area contributed by atoms with Crippen LogP contribution in [0.5, 0.6) is 0 Å². The Kier molecular flexibility index (Phi) is 5.07. The van der Waals surface area contributed by atoms with Crippen LogP contribution in [0.15, 0.2) is 10.6 Å². The minimum Gasteiger partial charge on any atom is -0.360 e. The Morgan fingerprint density at radius 3 is 2.58 bits per heavy atom. The standard InChI is InChI=1S/C11H19N3O4S/c1-8(2)6-14(19(4,16)17)7-11(15)12-10-5-9(3)18-13-10/h5,8H,6-7H2,1-4H3,(H,12,13,15). The van der Waals surface area contributed by atoms with E-state index in [4.69, 9.17) is 4.52 Å². The molecule has 0 unspecified atom stereocenters. The molecule has 0 radical (unpaired) electrons. The van der Waals surface area contributed by atoms with E-state index in [2.05, 4.69) is 10.5 Å². The van der Waals surface area contributed by atoms with Crippen molar-refractivity contribution in [1.82, 2.24) is 9.46 Å². The molecule has 0 fully saturated rings. The first-order valence-electron chi connectivity index (χ1n) is 5.86. The fraction of sp³-hybridized carbons (Fsp3) is 0.636. The van der Waals surface area contributed by atoms with Crippen molar-refractivity contribution in [2.45, 2.75) is 20.8 Å². The van der Waals surface area contributed by atoms with E-state index < -0.39 is 15.9 Å². The highest BCUT2D eigenvalue weighted by molar-refractivity contribution is 7.88. The number of carbonyl (C=O) groups is 1. The smallest absolute Gasteiger partial charge is 0.240 e. The summed E-state index contributed by atoms with van der Waals surface area (Å²) in [6.45, 7) is 5.53. The number of nitrogens with one attached hydrogen (secondary N) is 1. The lowest BCUT2D eigenvalue weighted by molar-refractivity contribution is -0.116. The monoisotopic (exact) mass is 289 g/mol. The van der Waals surface area contributed by atoms with Crippen molar-refractivity contribution in [2.75, 3.05) is 24.7 Å². The Morgan fingerprint density at radius 2 is 2.16 bits per heavy atom. The van der Waals surface area contributed by atoms with Crippen molar-refractivity contribution in [3.05, 3.63) is 11.8 Å². The van der Waals surface area contributed by atoms with E-state index in [-0.39, 0.29) is 18.3 Å². The van der Waals surface area contributed by atoms with Crippen molar-refractivity contribution in [3.63, 3.8) is 0 Å². The van der Waals surface area contributed by atoms with Crippen LogP contribution >= 0.6 is 0 Å².